The van der Waals surface area contributed by atoms with E-state index in [4.69, 9.17) is 37.1 Å². The van der Waals surface area contributed by atoms with Crippen molar-refractivity contribution in [1.82, 2.24) is 0 Å². The molecule has 0 bridgehead atoms. The molecule has 6 nitrogen and oxygen atoms in total. The molecule has 4 rings (SSSR count). The number of hydrogen-bond donors (Lipinski definition) is 0. The highest BCUT2D eigenvalue weighted by atomic mass is 35.5. The molecule has 0 aliphatic heterocycles. The van der Waals surface area contributed by atoms with Crippen LogP contribution in [0.3, 0.4) is 0 Å². The molecule has 0 unspecified atom stereocenters. The summed E-state index contributed by atoms with van der Waals surface area (Å²) in [5.74, 6) is 0.469. The van der Waals surface area contributed by atoms with Crippen molar-refractivity contribution in [3.8, 4) is 17.2 Å². The Bertz CT molecular complexity index is 1350. The third-order valence-corrected chi connectivity index (χ3v) is 5.35. The predicted octanol–water partition coefficient (Wildman–Crippen LogP) is 6.26. The van der Waals surface area contributed by atoms with Crippen molar-refractivity contribution in [2.24, 2.45) is 0 Å². The lowest BCUT2D eigenvalue weighted by Crippen LogP contribution is -2.05. The fraction of sp³-hybridized carbons (Fsp3) is 0.0833. The summed E-state index contributed by atoms with van der Waals surface area (Å²) >= 11 is 11.9. The monoisotopic (exact) mass is 470 g/mol. The summed E-state index contributed by atoms with van der Waals surface area (Å²) in [6.07, 6.45) is 1.24. The second-order valence-electron chi connectivity index (χ2n) is 6.74. The summed E-state index contributed by atoms with van der Waals surface area (Å²) in [6, 6.07) is 16.4. The van der Waals surface area contributed by atoms with Gasteiger partial charge in [-0.1, -0.05) is 29.3 Å². The van der Waals surface area contributed by atoms with Crippen LogP contribution in [0, 0.1) is 0 Å². The van der Waals surface area contributed by atoms with Gasteiger partial charge in [0.2, 0.25) is 11.2 Å². The summed E-state index contributed by atoms with van der Waals surface area (Å²) in [7, 11) is 1.30. The molecule has 3 aromatic carbocycles. The van der Waals surface area contributed by atoms with E-state index in [9.17, 15) is 9.59 Å². The molecule has 0 atom stereocenters. The molecule has 1 heterocycles. The maximum atomic E-state index is 12.8. The minimum absolute atomic E-state index is 0.0211. The van der Waals surface area contributed by atoms with Gasteiger partial charge < -0.3 is 18.6 Å². The van der Waals surface area contributed by atoms with Gasteiger partial charge in [-0.25, -0.2) is 4.79 Å². The molecular formula is C24H16Cl2O6. The molecule has 0 fully saturated rings. The first kappa shape index (κ1) is 21.7. The first-order valence-corrected chi connectivity index (χ1v) is 10.2. The largest absolute Gasteiger partial charge is 0.489 e. The summed E-state index contributed by atoms with van der Waals surface area (Å²) in [4.78, 5) is 24.3. The van der Waals surface area contributed by atoms with Gasteiger partial charge >= 0.3 is 5.97 Å². The van der Waals surface area contributed by atoms with Crippen molar-refractivity contribution in [1.29, 1.82) is 0 Å². The van der Waals surface area contributed by atoms with E-state index < -0.39 is 5.97 Å². The summed E-state index contributed by atoms with van der Waals surface area (Å²) in [5.41, 5.74) is 1.25. The predicted molar refractivity (Wildman–Crippen MR) is 121 cm³/mol. The van der Waals surface area contributed by atoms with E-state index >= 15 is 0 Å². The Morgan fingerprint density at radius 1 is 0.938 bits per heavy atom. The Balaban J connectivity index is 1.51. The van der Waals surface area contributed by atoms with Crippen LogP contribution in [0.1, 0.15) is 15.9 Å². The van der Waals surface area contributed by atoms with Crippen LogP contribution in [0.15, 0.2) is 76.1 Å². The van der Waals surface area contributed by atoms with Gasteiger partial charge in [-0.3, -0.25) is 4.79 Å². The number of fused-ring (bicyclic) bond motifs is 1. The number of rotatable bonds is 6. The van der Waals surface area contributed by atoms with Gasteiger partial charge in [-0.15, -0.1) is 0 Å². The fourth-order valence-corrected chi connectivity index (χ4v) is 3.27. The highest BCUT2D eigenvalue weighted by Crippen LogP contribution is 2.26. The molecule has 0 aliphatic carbocycles. The van der Waals surface area contributed by atoms with E-state index in [0.29, 0.717) is 38.1 Å². The number of benzene rings is 3. The van der Waals surface area contributed by atoms with Crippen LogP contribution >= 0.6 is 23.2 Å². The summed E-state index contributed by atoms with van der Waals surface area (Å²) in [6.45, 7) is 0.273. The lowest BCUT2D eigenvalue weighted by molar-refractivity contribution is 0.0600. The highest BCUT2D eigenvalue weighted by Gasteiger charge is 2.12. The van der Waals surface area contributed by atoms with Crippen LogP contribution in [0.5, 0.6) is 17.2 Å². The van der Waals surface area contributed by atoms with Crippen LogP contribution in [0.2, 0.25) is 10.0 Å². The SMILES string of the molecule is COC(=O)c1ccc(Oc2coc3cc(OCc4ccc(Cl)c(Cl)c4)ccc3c2=O)cc1. The Morgan fingerprint density at radius 2 is 1.69 bits per heavy atom. The van der Waals surface area contributed by atoms with Crippen LogP contribution in [0.25, 0.3) is 11.0 Å². The van der Waals surface area contributed by atoms with Gasteiger partial charge in [0.25, 0.3) is 0 Å². The molecule has 32 heavy (non-hydrogen) atoms. The van der Waals surface area contributed by atoms with Crippen molar-refractivity contribution in [2.75, 3.05) is 7.11 Å². The topological polar surface area (TPSA) is 75.0 Å². The first-order chi connectivity index (χ1) is 15.4. The van der Waals surface area contributed by atoms with Crippen LogP contribution in [0.4, 0.5) is 0 Å². The quantitative estimate of drug-likeness (QED) is 0.309. The first-order valence-electron chi connectivity index (χ1n) is 9.43. The van der Waals surface area contributed by atoms with Crippen molar-refractivity contribution >= 4 is 40.1 Å². The van der Waals surface area contributed by atoms with Crippen LogP contribution < -0.4 is 14.9 Å². The molecule has 4 aromatic rings. The minimum Gasteiger partial charge on any atom is -0.489 e. The van der Waals surface area contributed by atoms with E-state index in [-0.39, 0.29) is 17.8 Å². The molecule has 1 aromatic heterocycles. The van der Waals surface area contributed by atoms with Crippen molar-refractivity contribution in [2.45, 2.75) is 6.61 Å². The van der Waals surface area contributed by atoms with E-state index in [1.54, 1.807) is 54.6 Å². The van der Waals surface area contributed by atoms with Gasteiger partial charge in [0.05, 0.1) is 28.1 Å². The van der Waals surface area contributed by atoms with Gasteiger partial charge in [-0.2, -0.15) is 0 Å². The second-order valence-corrected chi connectivity index (χ2v) is 7.56. The zero-order chi connectivity index (χ0) is 22.7. The number of esters is 1. The fourth-order valence-electron chi connectivity index (χ4n) is 2.95. The Labute approximate surface area is 192 Å². The Hall–Kier alpha value is -3.48. The lowest BCUT2D eigenvalue weighted by Gasteiger charge is -2.09. The average molecular weight is 471 g/mol. The summed E-state index contributed by atoms with van der Waals surface area (Å²) < 4.78 is 21.6. The minimum atomic E-state index is -0.459. The molecule has 0 amide bonds. The van der Waals surface area contributed by atoms with Gasteiger partial charge in [-0.05, 0) is 54.1 Å². The third-order valence-electron chi connectivity index (χ3n) is 4.61. The molecular weight excluding hydrogens is 455 g/mol. The number of methoxy groups -OCH3 is 1. The molecule has 0 N–H and O–H groups in total. The van der Waals surface area contributed by atoms with Crippen molar-refractivity contribution in [3.05, 3.63) is 98.3 Å². The van der Waals surface area contributed by atoms with Gasteiger partial charge in [0, 0.05) is 6.07 Å². The lowest BCUT2D eigenvalue weighted by atomic mass is 10.2. The second kappa shape index (κ2) is 9.34. The van der Waals surface area contributed by atoms with Crippen LogP contribution in [-0.4, -0.2) is 13.1 Å². The van der Waals surface area contributed by atoms with E-state index in [2.05, 4.69) is 4.74 Å². The number of halogens is 2. The maximum Gasteiger partial charge on any atom is 0.337 e. The van der Waals surface area contributed by atoms with E-state index in [1.807, 2.05) is 6.07 Å². The molecule has 162 valence electrons. The zero-order valence-corrected chi connectivity index (χ0v) is 18.3. The van der Waals surface area contributed by atoms with Crippen molar-refractivity contribution in [3.63, 3.8) is 0 Å². The number of ether oxygens (including phenoxy) is 3. The standard InChI is InChI=1S/C24H16Cl2O6/c1-29-24(28)15-3-5-16(6-4-15)32-22-13-31-21-11-17(7-8-18(21)23(22)27)30-12-14-2-9-19(25)20(26)10-14/h2-11,13H,12H2,1H3. The smallest absolute Gasteiger partial charge is 0.337 e. The van der Waals surface area contributed by atoms with Gasteiger partial charge in [0.1, 0.15) is 30.0 Å². The number of carbonyl (C=O) groups is 1. The normalized spacial score (nSPS) is 10.7. The molecule has 0 saturated carbocycles. The highest BCUT2D eigenvalue weighted by molar-refractivity contribution is 6.42. The maximum absolute atomic E-state index is 12.8. The summed E-state index contributed by atoms with van der Waals surface area (Å²) in [5, 5.41) is 1.26. The molecule has 0 aliphatic rings. The molecule has 8 heteroatoms. The molecule has 0 radical (unpaired) electrons. The van der Waals surface area contributed by atoms with Gasteiger partial charge in [0.15, 0.2) is 0 Å². The third kappa shape index (κ3) is 4.72. The van der Waals surface area contributed by atoms with E-state index in [1.165, 1.54) is 13.4 Å². The Morgan fingerprint density at radius 3 is 2.41 bits per heavy atom. The molecule has 0 spiro atoms. The Kier molecular flexibility index (Phi) is 6.35. The average Bonchev–Trinajstić information content (AvgIpc) is 2.81. The van der Waals surface area contributed by atoms with Crippen LogP contribution in [-0.2, 0) is 11.3 Å². The van der Waals surface area contributed by atoms with E-state index in [0.717, 1.165) is 5.56 Å². The number of hydrogen-bond acceptors (Lipinski definition) is 6. The zero-order valence-electron chi connectivity index (χ0n) is 16.8. The van der Waals surface area contributed by atoms with Crippen molar-refractivity contribution < 1.29 is 23.4 Å². The number of carbonyl (C=O) groups excluding carboxylic acids is 1. The molecule has 0 saturated heterocycles.